The Balaban J connectivity index is 1.58. The number of piperidine rings is 1. The second-order valence-corrected chi connectivity index (χ2v) is 6.64. The van der Waals surface area contributed by atoms with Gasteiger partial charge in [-0.15, -0.1) is 11.3 Å². The first kappa shape index (κ1) is 16.0. The van der Waals surface area contributed by atoms with Crippen molar-refractivity contribution in [2.24, 2.45) is 0 Å². The van der Waals surface area contributed by atoms with E-state index in [9.17, 15) is 4.79 Å². The van der Waals surface area contributed by atoms with Crippen LogP contribution in [0.2, 0.25) is 0 Å². The van der Waals surface area contributed by atoms with Gasteiger partial charge < -0.3 is 15.5 Å². The van der Waals surface area contributed by atoms with E-state index in [0.29, 0.717) is 0 Å². The maximum absolute atomic E-state index is 12.2. The standard InChI is InChI=1S/C17H22N4OS/c1-2-21-9-4-7-15(12-21)20-17(22)19-14-6-3-5-13(11-14)16-18-8-10-23-16/h3,5-6,8,10-11,15H,2,4,7,9,12H2,1H3,(H2,19,20,22). The minimum Gasteiger partial charge on any atom is -0.334 e. The van der Waals surface area contributed by atoms with Gasteiger partial charge in [0.1, 0.15) is 5.01 Å². The Bertz CT molecular complexity index is 644. The molecule has 1 saturated heterocycles. The SMILES string of the molecule is CCN1CCCC(NC(=O)Nc2cccc(-c3nccs3)c2)C1. The number of thiazole rings is 1. The third-order valence-corrected chi connectivity index (χ3v) is 4.91. The summed E-state index contributed by atoms with van der Waals surface area (Å²) in [6.45, 7) is 5.26. The number of likely N-dealkylation sites (N-methyl/N-ethyl adjacent to an activating group) is 1. The minimum absolute atomic E-state index is 0.135. The van der Waals surface area contributed by atoms with E-state index in [4.69, 9.17) is 0 Å². The Morgan fingerprint density at radius 2 is 2.39 bits per heavy atom. The number of nitrogens with zero attached hydrogens (tertiary/aromatic N) is 2. The second kappa shape index (κ2) is 7.57. The largest absolute Gasteiger partial charge is 0.334 e. The number of hydrogen-bond acceptors (Lipinski definition) is 4. The maximum atomic E-state index is 12.2. The molecule has 1 aromatic heterocycles. The second-order valence-electron chi connectivity index (χ2n) is 5.75. The first-order valence-electron chi connectivity index (χ1n) is 8.04. The van der Waals surface area contributed by atoms with Crippen LogP contribution in [0.4, 0.5) is 10.5 Å². The van der Waals surface area contributed by atoms with E-state index >= 15 is 0 Å². The van der Waals surface area contributed by atoms with Gasteiger partial charge in [-0.25, -0.2) is 9.78 Å². The van der Waals surface area contributed by atoms with Gasteiger partial charge in [-0.05, 0) is 38.1 Å². The Labute approximate surface area is 140 Å². The zero-order valence-corrected chi connectivity index (χ0v) is 14.1. The highest BCUT2D eigenvalue weighted by Crippen LogP contribution is 2.24. The van der Waals surface area contributed by atoms with Crippen molar-refractivity contribution in [1.29, 1.82) is 0 Å². The van der Waals surface area contributed by atoms with Crippen LogP contribution in [-0.4, -0.2) is 41.6 Å². The number of urea groups is 1. The van der Waals surface area contributed by atoms with E-state index in [1.165, 1.54) is 0 Å². The molecule has 0 aliphatic carbocycles. The van der Waals surface area contributed by atoms with Crippen LogP contribution in [0.5, 0.6) is 0 Å². The smallest absolute Gasteiger partial charge is 0.319 e. The molecule has 1 fully saturated rings. The summed E-state index contributed by atoms with van der Waals surface area (Å²) in [5.74, 6) is 0. The number of rotatable bonds is 4. The van der Waals surface area contributed by atoms with Crippen molar-refractivity contribution in [2.75, 3.05) is 25.0 Å². The van der Waals surface area contributed by atoms with Crippen LogP contribution >= 0.6 is 11.3 Å². The molecule has 1 aliphatic rings. The van der Waals surface area contributed by atoms with Gasteiger partial charge in [0.25, 0.3) is 0 Å². The van der Waals surface area contributed by atoms with Crippen LogP contribution in [-0.2, 0) is 0 Å². The van der Waals surface area contributed by atoms with Gasteiger partial charge in [0.05, 0.1) is 0 Å². The third-order valence-electron chi connectivity index (χ3n) is 4.09. The molecular weight excluding hydrogens is 308 g/mol. The first-order valence-corrected chi connectivity index (χ1v) is 8.92. The Morgan fingerprint density at radius 1 is 1.48 bits per heavy atom. The zero-order chi connectivity index (χ0) is 16.1. The van der Waals surface area contributed by atoms with Crippen molar-refractivity contribution in [1.82, 2.24) is 15.2 Å². The monoisotopic (exact) mass is 330 g/mol. The lowest BCUT2D eigenvalue weighted by Gasteiger charge is -2.32. The van der Waals surface area contributed by atoms with Crippen molar-refractivity contribution < 1.29 is 4.79 Å². The Kier molecular flexibility index (Phi) is 5.25. The predicted octanol–water partition coefficient (Wildman–Crippen LogP) is 3.42. The van der Waals surface area contributed by atoms with Gasteiger partial charge in [-0.3, -0.25) is 0 Å². The van der Waals surface area contributed by atoms with Crippen molar-refractivity contribution in [3.8, 4) is 10.6 Å². The number of likely N-dealkylation sites (tertiary alicyclic amines) is 1. The number of benzene rings is 1. The molecule has 2 heterocycles. The third kappa shape index (κ3) is 4.30. The topological polar surface area (TPSA) is 57.3 Å². The molecule has 1 unspecified atom stereocenters. The van der Waals surface area contributed by atoms with Gasteiger partial charge >= 0.3 is 6.03 Å². The molecule has 5 nitrogen and oxygen atoms in total. The Hall–Kier alpha value is -1.92. The summed E-state index contributed by atoms with van der Waals surface area (Å²) >= 11 is 1.59. The summed E-state index contributed by atoms with van der Waals surface area (Å²) < 4.78 is 0. The molecule has 3 rings (SSSR count). The molecule has 1 aliphatic heterocycles. The highest BCUT2D eigenvalue weighted by atomic mass is 32.1. The molecule has 0 saturated carbocycles. The lowest BCUT2D eigenvalue weighted by molar-refractivity contribution is 0.196. The minimum atomic E-state index is -0.135. The Morgan fingerprint density at radius 3 is 3.17 bits per heavy atom. The van der Waals surface area contributed by atoms with Crippen LogP contribution in [0, 0.1) is 0 Å². The van der Waals surface area contributed by atoms with Gasteiger partial charge in [-0.1, -0.05) is 19.1 Å². The molecule has 122 valence electrons. The fourth-order valence-electron chi connectivity index (χ4n) is 2.91. The summed E-state index contributed by atoms with van der Waals surface area (Å²) in [6, 6.07) is 7.89. The van der Waals surface area contributed by atoms with Crippen LogP contribution in [0.25, 0.3) is 10.6 Å². The summed E-state index contributed by atoms with van der Waals surface area (Å²) in [6.07, 6.45) is 3.97. The lowest BCUT2D eigenvalue weighted by atomic mass is 10.1. The van der Waals surface area contributed by atoms with Crippen molar-refractivity contribution >= 4 is 23.1 Å². The van der Waals surface area contributed by atoms with Crippen LogP contribution in [0.3, 0.4) is 0 Å². The van der Waals surface area contributed by atoms with Gasteiger partial charge in [0.2, 0.25) is 0 Å². The van der Waals surface area contributed by atoms with Crippen molar-refractivity contribution in [2.45, 2.75) is 25.8 Å². The fourth-order valence-corrected chi connectivity index (χ4v) is 3.54. The number of hydrogen-bond donors (Lipinski definition) is 2. The fraction of sp³-hybridized carbons (Fsp3) is 0.412. The quantitative estimate of drug-likeness (QED) is 0.903. The average Bonchev–Trinajstić information content (AvgIpc) is 3.09. The number of carbonyl (C=O) groups excluding carboxylic acids is 1. The summed E-state index contributed by atoms with van der Waals surface area (Å²) in [4.78, 5) is 18.9. The highest BCUT2D eigenvalue weighted by Gasteiger charge is 2.20. The molecule has 2 N–H and O–H groups in total. The lowest BCUT2D eigenvalue weighted by Crippen LogP contribution is -2.48. The normalized spacial score (nSPS) is 18.6. The average molecular weight is 330 g/mol. The summed E-state index contributed by atoms with van der Waals surface area (Å²) in [5.41, 5.74) is 1.81. The number of aromatic nitrogens is 1. The van der Waals surface area contributed by atoms with Crippen molar-refractivity contribution in [3.05, 3.63) is 35.8 Å². The van der Waals surface area contributed by atoms with Gasteiger partial charge in [-0.2, -0.15) is 0 Å². The van der Waals surface area contributed by atoms with E-state index in [1.54, 1.807) is 17.5 Å². The van der Waals surface area contributed by atoms with Crippen LogP contribution in [0.1, 0.15) is 19.8 Å². The zero-order valence-electron chi connectivity index (χ0n) is 13.3. The van der Waals surface area contributed by atoms with Crippen molar-refractivity contribution in [3.63, 3.8) is 0 Å². The first-order chi connectivity index (χ1) is 11.2. The number of amides is 2. The number of anilines is 1. The molecule has 0 spiro atoms. The molecular formula is C17H22N4OS. The van der Waals surface area contributed by atoms with Crippen LogP contribution in [0.15, 0.2) is 35.8 Å². The number of nitrogens with one attached hydrogen (secondary N) is 2. The van der Waals surface area contributed by atoms with E-state index < -0.39 is 0 Å². The molecule has 0 bridgehead atoms. The van der Waals surface area contributed by atoms with E-state index in [2.05, 4.69) is 27.4 Å². The summed E-state index contributed by atoms with van der Waals surface area (Å²) in [7, 11) is 0. The van der Waals surface area contributed by atoms with E-state index in [1.807, 2.05) is 29.6 Å². The van der Waals surface area contributed by atoms with E-state index in [-0.39, 0.29) is 12.1 Å². The van der Waals surface area contributed by atoms with Gasteiger partial charge in [0, 0.05) is 35.4 Å². The summed E-state index contributed by atoms with van der Waals surface area (Å²) in [5, 5.41) is 8.92. The maximum Gasteiger partial charge on any atom is 0.319 e. The van der Waals surface area contributed by atoms with E-state index in [0.717, 1.165) is 48.7 Å². The molecule has 23 heavy (non-hydrogen) atoms. The molecule has 0 radical (unpaired) electrons. The molecule has 2 aromatic rings. The van der Waals surface area contributed by atoms with Gasteiger partial charge in [0.15, 0.2) is 0 Å². The molecule has 6 heteroatoms. The highest BCUT2D eigenvalue weighted by molar-refractivity contribution is 7.13. The predicted molar refractivity (Wildman–Crippen MR) is 94.8 cm³/mol. The molecule has 1 atom stereocenters. The number of carbonyl (C=O) groups is 1. The molecule has 1 aromatic carbocycles. The molecule has 2 amide bonds. The van der Waals surface area contributed by atoms with Crippen LogP contribution < -0.4 is 10.6 Å².